The zero-order chi connectivity index (χ0) is 20.8. The highest BCUT2D eigenvalue weighted by molar-refractivity contribution is 5.92. The number of amides is 1. The van der Waals surface area contributed by atoms with Crippen molar-refractivity contribution in [3.8, 4) is 0 Å². The maximum Gasteiger partial charge on any atom is 0.416 e. The minimum absolute atomic E-state index is 0.0895. The number of rotatable bonds is 2. The predicted molar refractivity (Wildman–Crippen MR) is 100 cm³/mol. The highest BCUT2D eigenvalue weighted by Gasteiger charge is 2.45. The molecule has 29 heavy (non-hydrogen) atoms. The fourth-order valence-corrected chi connectivity index (χ4v) is 5.00. The fourth-order valence-electron chi connectivity index (χ4n) is 5.00. The molecule has 1 saturated carbocycles. The van der Waals surface area contributed by atoms with Gasteiger partial charge in [0.15, 0.2) is 0 Å². The highest BCUT2D eigenvalue weighted by atomic mass is 19.4. The Hall–Kier alpha value is -1.71. The molecule has 9 heteroatoms. The number of carbonyl (C=O) groups is 1. The van der Waals surface area contributed by atoms with Gasteiger partial charge in [0.2, 0.25) is 0 Å². The summed E-state index contributed by atoms with van der Waals surface area (Å²) in [5.41, 5.74) is -1.03. The first-order valence-corrected chi connectivity index (χ1v) is 10.2. The van der Waals surface area contributed by atoms with Crippen LogP contribution in [0.1, 0.15) is 28.9 Å². The van der Waals surface area contributed by atoms with Gasteiger partial charge in [-0.15, -0.1) is 0 Å². The third-order valence-electron chi connectivity index (χ3n) is 6.71. The normalized spacial score (nSPS) is 31.7. The Labute approximate surface area is 168 Å². The van der Waals surface area contributed by atoms with Crippen LogP contribution in [0.2, 0.25) is 0 Å². The Kier molecular flexibility index (Phi) is 5.56. The van der Waals surface area contributed by atoms with E-state index in [4.69, 9.17) is 0 Å². The van der Waals surface area contributed by atoms with Crippen LogP contribution < -0.4 is 0 Å². The van der Waals surface area contributed by atoms with Crippen molar-refractivity contribution in [1.82, 2.24) is 19.7 Å². The zero-order valence-electron chi connectivity index (χ0n) is 16.5. The highest BCUT2D eigenvalue weighted by Crippen LogP contribution is 2.39. The average Bonchev–Trinajstić information content (AvgIpc) is 3.09. The van der Waals surface area contributed by atoms with Crippen molar-refractivity contribution in [3.63, 3.8) is 0 Å². The lowest BCUT2D eigenvalue weighted by molar-refractivity contribution is -0.137. The first-order chi connectivity index (χ1) is 13.7. The van der Waals surface area contributed by atoms with Crippen LogP contribution in [0.25, 0.3) is 0 Å². The van der Waals surface area contributed by atoms with Crippen molar-refractivity contribution < 1.29 is 23.1 Å². The quantitative estimate of drug-likeness (QED) is 0.799. The van der Waals surface area contributed by atoms with Gasteiger partial charge >= 0.3 is 6.18 Å². The van der Waals surface area contributed by atoms with Crippen LogP contribution in [-0.2, 0) is 6.18 Å². The van der Waals surface area contributed by atoms with E-state index in [9.17, 15) is 23.1 Å². The summed E-state index contributed by atoms with van der Waals surface area (Å²) in [6, 6.07) is 1.79. The maximum atomic E-state index is 12.9. The van der Waals surface area contributed by atoms with E-state index >= 15 is 0 Å². The number of aliphatic hydroxyl groups excluding tert-OH is 1. The standard InChI is InChI=1S/C20H27F3N4O2/c1-25-4-6-26(7-5-25)17-8-13-11-27(12-14(13)9-18(17)28)19(29)16-10-15(2-3-24-16)20(21,22)23/h2-3,10,13-14,17-18,28H,4-9,11-12H2,1H3/t13-,14+,17-,18-/m1/s1. The number of aliphatic hydroxyl groups is 1. The lowest BCUT2D eigenvalue weighted by Crippen LogP contribution is -2.55. The summed E-state index contributed by atoms with van der Waals surface area (Å²) in [6.45, 7) is 4.78. The monoisotopic (exact) mass is 412 g/mol. The molecule has 2 aliphatic heterocycles. The molecule has 2 saturated heterocycles. The SMILES string of the molecule is CN1CCN([C@@H]2C[C@@H]3CN(C(=O)c4cc(C(F)(F)F)ccn4)C[C@@H]3C[C@H]2O)CC1. The van der Waals surface area contributed by atoms with Gasteiger partial charge in [-0.25, -0.2) is 0 Å². The lowest BCUT2D eigenvalue weighted by Gasteiger charge is -2.44. The summed E-state index contributed by atoms with van der Waals surface area (Å²) in [5, 5.41) is 10.7. The molecule has 160 valence electrons. The van der Waals surface area contributed by atoms with Crippen molar-refractivity contribution in [1.29, 1.82) is 0 Å². The van der Waals surface area contributed by atoms with Crippen molar-refractivity contribution in [2.75, 3.05) is 46.3 Å². The molecular formula is C20H27F3N4O2. The average molecular weight is 412 g/mol. The number of pyridine rings is 1. The molecule has 0 spiro atoms. The summed E-state index contributed by atoms with van der Waals surface area (Å²) >= 11 is 0. The Morgan fingerprint density at radius 3 is 2.45 bits per heavy atom. The van der Waals surface area contributed by atoms with Crippen LogP contribution >= 0.6 is 0 Å². The van der Waals surface area contributed by atoms with E-state index < -0.39 is 23.8 Å². The van der Waals surface area contributed by atoms with Gasteiger partial charge in [-0.3, -0.25) is 14.7 Å². The Morgan fingerprint density at radius 2 is 1.79 bits per heavy atom. The van der Waals surface area contributed by atoms with Crippen molar-refractivity contribution in [2.45, 2.75) is 31.2 Å². The lowest BCUT2D eigenvalue weighted by atomic mass is 9.77. The predicted octanol–water partition coefficient (Wildman–Crippen LogP) is 1.56. The molecule has 0 bridgehead atoms. The Balaban J connectivity index is 1.43. The molecule has 3 aliphatic rings. The number of likely N-dealkylation sites (tertiary alicyclic amines) is 1. The number of hydrogen-bond acceptors (Lipinski definition) is 5. The number of aromatic nitrogens is 1. The molecule has 3 heterocycles. The summed E-state index contributed by atoms with van der Waals surface area (Å²) in [6.07, 6.45) is -2.46. The van der Waals surface area contributed by atoms with Gasteiger partial charge in [0, 0.05) is 51.5 Å². The van der Waals surface area contributed by atoms with E-state index in [0.717, 1.165) is 50.9 Å². The van der Waals surface area contributed by atoms with Crippen LogP contribution in [0.3, 0.4) is 0 Å². The van der Waals surface area contributed by atoms with E-state index in [1.165, 1.54) is 0 Å². The van der Waals surface area contributed by atoms with Gasteiger partial charge in [0.25, 0.3) is 5.91 Å². The minimum Gasteiger partial charge on any atom is -0.391 e. The number of likely N-dealkylation sites (N-methyl/N-ethyl adjacent to an activating group) is 1. The number of nitrogens with zero attached hydrogens (tertiary/aromatic N) is 4. The second kappa shape index (κ2) is 7.85. The molecule has 1 amide bonds. The molecule has 1 aliphatic carbocycles. The van der Waals surface area contributed by atoms with Crippen LogP contribution in [0, 0.1) is 11.8 Å². The third kappa shape index (κ3) is 4.27. The zero-order valence-corrected chi connectivity index (χ0v) is 16.5. The van der Waals surface area contributed by atoms with Gasteiger partial charge in [0.05, 0.1) is 11.7 Å². The summed E-state index contributed by atoms with van der Waals surface area (Å²) in [7, 11) is 2.09. The topological polar surface area (TPSA) is 59.9 Å². The van der Waals surface area contributed by atoms with Gasteiger partial charge in [0.1, 0.15) is 5.69 Å². The fraction of sp³-hybridized carbons (Fsp3) is 0.700. The molecule has 0 aromatic carbocycles. The molecular weight excluding hydrogens is 385 g/mol. The number of alkyl halides is 3. The molecule has 0 unspecified atom stereocenters. The van der Waals surface area contributed by atoms with E-state index in [0.29, 0.717) is 19.5 Å². The van der Waals surface area contributed by atoms with E-state index in [-0.39, 0.29) is 23.6 Å². The number of fused-ring (bicyclic) bond motifs is 1. The number of piperazine rings is 1. The van der Waals surface area contributed by atoms with Gasteiger partial charge in [-0.05, 0) is 43.9 Å². The molecule has 3 fully saturated rings. The molecule has 0 radical (unpaired) electrons. The first-order valence-electron chi connectivity index (χ1n) is 10.2. The van der Waals surface area contributed by atoms with Crippen LogP contribution in [-0.4, -0.2) is 89.2 Å². The van der Waals surface area contributed by atoms with Gasteiger partial charge in [-0.2, -0.15) is 13.2 Å². The van der Waals surface area contributed by atoms with Gasteiger partial charge < -0.3 is 14.9 Å². The van der Waals surface area contributed by atoms with E-state index in [1.807, 2.05) is 0 Å². The van der Waals surface area contributed by atoms with Crippen molar-refractivity contribution in [2.24, 2.45) is 11.8 Å². The molecule has 6 nitrogen and oxygen atoms in total. The second-order valence-corrected chi connectivity index (χ2v) is 8.60. The van der Waals surface area contributed by atoms with Crippen LogP contribution in [0.15, 0.2) is 18.3 Å². The largest absolute Gasteiger partial charge is 0.416 e. The number of carbonyl (C=O) groups excluding carboxylic acids is 1. The minimum atomic E-state index is -4.50. The van der Waals surface area contributed by atoms with Crippen molar-refractivity contribution in [3.05, 3.63) is 29.6 Å². The Bertz CT molecular complexity index is 751. The first kappa shape index (κ1) is 20.6. The summed E-state index contributed by atoms with van der Waals surface area (Å²) < 4.78 is 38.8. The molecule has 1 aromatic rings. The molecule has 1 N–H and O–H groups in total. The maximum absolute atomic E-state index is 12.9. The van der Waals surface area contributed by atoms with E-state index in [1.54, 1.807) is 4.90 Å². The van der Waals surface area contributed by atoms with Crippen LogP contribution in [0.5, 0.6) is 0 Å². The second-order valence-electron chi connectivity index (χ2n) is 8.60. The number of halogens is 3. The van der Waals surface area contributed by atoms with Crippen molar-refractivity contribution >= 4 is 5.91 Å². The van der Waals surface area contributed by atoms with Crippen LogP contribution in [0.4, 0.5) is 13.2 Å². The molecule has 4 rings (SSSR count). The number of hydrogen-bond donors (Lipinski definition) is 1. The smallest absolute Gasteiger partial charge is 0.391 e. The van der Waals surface area contributed by atoms with Gasteiger partial charge in [-0.1, -0.05) is 0 Å². The van der Waals surface area contributed by atoms with E-state index in [2.05, 4.69) is 21.8 Å². The molecule has 1 aromatic heterocycles. The summed E-state index contributed by atoms with van der Waals surface area (Å²) in [5.74, 6) is -0.0163. The third-order valence-corrected chi connectivity index (χ3v) is 6.71. The Morgan fingerprint density at radius 1 is 1.14 bits per heavy atom. The summed E-state index contributed by atoms with van der Waals surface area (Å²) in [4.78, 5) is 22.9. The molecule has 4 atom stereocenters.